The molecular weight excluding hydrogens is 378 g/mol. The molecule has 29 heavy (non-hydrogen) atoms. The Morgan fingerprint density at radius 1 is 1.03 bits per heavy atom. The van der Waals surface area contributed by atoms with Crippen LogP contribution in [0.5, 0.6) is 0 Å². The van der Waals surface area contributed by atoms with Crippen molar-refractivity contribution in [1.29, 1.82) is 0 Å². The summed E-state index contributed by atoms with van der Waals surface area (Å²) >= 11 is 1.63. The molecule has 0 bridgehead atoms. The zero-order chi connectivity index (χ0) is 20.2. The number of hydrogen-bond donors (Lipinski definition) is 2. The molecule has 0 aliphatic carbocycles. The Balaban J connectivity index is 1.72. The van der Waals surface area contributed by atoms with Gasteiger partial charge in [-0.05, 0) is 54.3 Å². The van der Waals surface area contributed by atoms with Gasteiger partial charge in [-0.3, -0.25) is 9.52 Å². The van der Waals surface area contributed by atoms with E-state index in [1.807, 2.05) is 23.7 Å². The summed E-state index contributed by atoms with van der Waals surface area (Å²) in [6.45, 7) is 0. The average molecular weight is 406 g/mol. The predicted molar refractivity (Wildman–Crippen MR) is 124 cm³/mol. The number of hydrogen-bond acceptors (Lipinski definition) is 4. The van der Waals surface area contributed by atoms with Gasteiger partial charge >= 0.3 is 0 Å². The lowest BCUT2D eigenvalue weighted by Crippen LogP contribution is -2.45. The van der Waals surface area contributed by atoms with Crippen molar-refractivity contribution in [3.05, 3.63) is 88.3 Å². The molecule has 0 fully saturated rings. The maximum Gasteiger partial charge on any atom is 0.274 e. The molecule has 1 aliphatic rings. The first-order valence-corrected chi connectivity index (χ1v) is 11.3. The minimum absolute atomic E-state index is 0.0711. The molecule has 5 heteroatoms. The highest BCUT2D eigenvalue weighted by Crippen LogP contribution is 2.30. The second-order valence-electron chi connectivity index (χ2n) is 7.47. The van der Waals surface area contributed by atoms with Crippen LogP contribution in [0.4, 0.5) is 5.69 Å². The molecule has 2 heterocycles. The predicted octanol–water partition coefficient (Wildman–Crippen LogP) is 4.52. The molecule has 2 aromatic carbocycles. The van der Waals surface area contributed by atoms with Gasteiger partial charge in [0.15, 0.2) is 0 Å². The third-order valence-corrected chi connectivity index (χ3v) is 6.26. The summed E-state index contributed by atoms with van der Waals surface area (Å²) in [4.78, 5) is 13.1. The molecular formula is C24H27N3OS. The third-order valence-electron chi connectivity index (χ3n) is 5.73. The lowest BCUT2D eigenvalue weighted by molar-refractivity contribution is 0.321. The summed E-state index contributed by atoms with van der Waals surface area (Å²) in [7, 11) is 1.81. The molecule has 150 valence electrons. The maximum absolute atomic E-state index is 13.1. The van der Waals surface area contributed by atoms with Crippen LogP contribution < -0.4 is 15.6 Å². The molecule has 0 saturated carbocycles. The van der Waals surface area contributed by atoms with Crippen LogP contribution in [0.2, 0.25) is 0 Å². The Hall–Kier alpha value is -2.50. The Bertz CT molecular complexity index is 1030. The summed E-state index contributed by atoms with van der Waals surface area (Å²) in [5.41, 5.74) is 5.52. The van der Waals surface area contributed by atoms with E-state index in [9.17, 15) is 4.79 Å². The molecule has 4 rings (SSSR count). The standard InChI is InChI=1S/C24H27N3OS/c1-25-22-14-12-20-11-13-21(26-29-2)23(27(20)24(22)28)16-17-7-6-10-19(15-17)18-8-4-3-5-9-18/h3-10,12,14-15,21,23,25-26H,11,13,16H2,1-2H3. The van der Waals surface area contributed by atoms with Crippen LogP contribution in [0.25, 0.3) is 11.1 Å². The van der Waals surface area contributed by atoms with E-state index < -0.39 is 0 Å². The van der Waals surface area contributed by atoms with Crippen molar-refractivity contribution in [2.45, 2.75) is 31.3 Å². The largest absolute Gasteiger partial charge is 0.384 e. The van der Waals surface area contributed by atoms with E-state index in [1.54, 1.807) is 11.9 Å². The van der Waals surface area contributed by atoms with Gasteiger partial charge in [-0.1, -0.05) is 66.5 Å². The van der Waals surface area contributed by atoms with E-state index in [0.29, 0.717) is 5.69 Å². The van der Waals surface area contributed by atoms with Crippen LogP contribution in [-0.4, -0.2) is 23.9 Å². The van der Waals surface area contributed by atoms with Gasteiger partial charge in [-0.15, -0.1) is 0 Å². The first-order chi connectivity index (χ1) is 14.2. The highest BCUT2D eigenvalue weighted by Gasteiger charge is 2.30. The van der Waals surface area contributed by atoms with Gasteiger partial charge in [-0.25, -0.2) is 0 Å². The number of nitrogens with one attached hydrogen (secondary N) is 2. The van der Waals surface area contributed by atoms with Crippen LogP contribution >= 0.6 is 11.9 Å². The van der Waals surface area contributed by atoms with Crippen molar-refractivity contribution in [2.75, 3.05) is 18.6 Å². The highest BCUT2D eigenvalue weighted by atomic mass is 32.2. The molecule has 4 nitrogen and oxygen atoms in total. The monoisotopic (exact) mass is 405 g/mol. The van der Waals surface area contributed by atoms with Crippen molar-refractivity contribution in [2.24, 2.45) is 0 Å². The van der Waals surface area contributed by atoms with Crippen molar-refractivity contribution >= 4 is 17.6 Å². The summed E-state index contributed by atoms with van der Waals surface area (Å²) in [6.07, 6.45) is 4.81. The van der Waals surface area contributed by atoms with E-state index in [-0.39, 0.29) is 17.6 Å². The van der Waals surface area contributed by atoms with Crippen LogP contribution in [0.1, 0.15) is 23.7 Å². The molecule has 2 N–H and O–H groups in total. The summed E-state index contributed by atoms with van der Waals surface area (Å²) < 4.78 is 5.56. The summed E-state index contributed by atoms with van der Waals surface area (Å²) in [5.74, 6) is 0. The summed E-state index contributed by atoms with van der Waals surface area (Å²) in [5, 5.41) is 3.05. The van der Waals surface area contributed by atoms with E-state index in [0.717, 1.165) is 25.0 Å². The Kier molecular flexibility index (Phi) is 6.07. The number of aryl methyl sites for hydroxylation is 1. The number of aromatic nitrogens is 1. The zero-order valence-electron chi connectivity index (χ0n) is 16.9. The Labute approximate surface area is 176 Å². The van der Waals surface area contributed by atoms with Gasteiger partial charge in [0.05, 0.1) is 6.04 Å². The number of anilines is 1. The van der Waals surface area contributed by atoms with E-state index >= 15 is 0 Å². The van der Waals surface area contributed by atoms with Gasteiger partial charge in [0.1, 0.15) is 5.69 Å². The smallest absolute Gasteiger partial charge is 0.274 e. The molecule has 1 aliphatic heterocycles. The Morgan fingerprint density at radius 2 is 1.83 bits per heavy atom. The number of pyridine rings is 1. The zero-order valence-corrected chi connectivity index (χ0v) is 17.7. The topological polar surface area (TPSA) is 46.1 Å². The van der Waals surface area contributed by atoms with Crippen molar-refractivity contribution in [3.8, 4) is 11.1 Å². The fraction of sp³-hybridized carbons (Fsp3) is 0.292. The van der Waals surface area contributed by atoms with Crippen molar-refractivity contribution in [1.82, 2.24) is 9.29 Å². The van der Waals surface area contributed by atoms with Crippen LogP contribution in [0.15, 0.2) is 71.5 Å². The average Bonchev–Trinajstić information content (AvgIpc) is 2.76. The van der Waals surface area contributed by atoms with Gasteiger partial charge in [0.2, 0.25) is 0 Å². The molecule has 3 aromatic rings. The number of benzene rings is 2. The second-order valence-corrected chi connectivity index (χ2v) is 8.11. The number of nitrogens with zero attached hydrogens (tertiary/aromatic N) is 1. The molecule has 0 amide bonds. The normalized spacial score (nSPS) is 18.3. The fourth-order valence-corrected chi connectivity index (χ4v) is 4.87. The van der Waals surface area contributed by atoms with Crippen LogP contribution in [0.3, 0.4) is 0 Å². The lowest BCUT2D eigenvalue weighted by atomic mass is 9.90. The second kappa shape index (κ2) is 8.89. The molecule has 0 radical (unpaired) electrons. The van der Waals surface area contributed by atoms with Crippen LogP contribution in [-0.2, 0) is 12.8 Å². The number of rotatable bonds is 6. The quantitative estimate of drug-likeness (QED) is 0.592. The van der Waals surface area contributed by atoms with Gasteiger partial charge < -0.3 is 9.88 Å². The van der Waals surface area contributed by atoms with Gasteiger partial charge in [-0.2, -0.15) is 0 Å². The molecule has 1 aromatic heterocycles. The van der Waals surface area contributed by atoms with Gasteiger partial charge in [0, 0.05) is 18.8 Å². The van der Waals surface area contributed by atoms with E-state index in [4.69, 9.17) is 0 Å². The first-order valence-electron chi connectivity index (χ1n) is 10.1. The lowest BCUT2D eigenvalue weighted by Gasteiger charge is -2.36. The minimum atomic E-state index is 0.0711. The Morgan fingerprint density at radius 3 is 2.59 bits per heavy atom. The van der Waals surface area contributed by atoms with Gasteiger partial charge in [0.25, 0.3) is 5.56 Å². The SMILES string of the molecule is CNc1ccc2n(c1=O)C(Cc1cccc(-c3ccccc3)c1)C(NSC)CC2. The molecule has 0 saturated heterocycles. The minimum Gasteiger partial charge on any atom is -0.384 e. The fourth-order valence-electron chi connectivity index (χ4n) is 4.30. The molecule has 2 unspecified atom stereocenters. The highest BCUT2D eigenvalue weighted by molar-refractivity contribution is 7.96. The maximum atomic E-state index is 13.1. The molecule has 0 spiro atoms. The summed E-state index contributed by atoms with van der Waals surface area (Å²) in [6, 6.07) is 23.5. The van der Waals surface area contributed by atoms with Crippen LogP contribution in [0, 0.1) is 0 Å². The van der Waals surface area contributed by atoms with Crippen molar-refractivity contribution < 1.29 is 0 Å². The molecule has 2 atom stereocenters. The third kappa shape index (κ3) is 4.11. The number of fused-ring (bicyclic) bond motifs is 1. The van der Waals surface area contributed by atoms with E-state index in [2.05, 4.69) is 70.9 Å². The van der Waals surface area contributed by atoms with E-state index in [1.165, 1.54) is 16.7 Å². The first kappa shape index (κ1) is 19.8. The van der Waals surface area contributed by atoms with Crippen molar-refractivity contribution in [3.63, 3.8) is 0 Å².